The maximum absolute atomic E-state index is 12.3. The van der Waals surface area contributed by atoms with Crippen LogP contribution in [0.15, 0.2) is 34.7 Å². The van der Waals surface area contributed by atoms with Crippen molar-refractivity contribution >= 4 is 17.5 Å². The van der Waals surface area contributed by atoms with Gasteiger partial charge in [-0.2, -0.15) is 0 Å². The Kier molecular flexibility index (Phi) is 4.14. The van der Waals surface area contributed by atoms with Crippen LogP contribution in [0.2, 0.25) is 0 Å². The number of hydrogen-bond donors (Lipinski definition) is 1. The van der Waals surface area contributed by atoms with Crippen molar-refractivity contribution in [2.45, 2.75) is 26.3 Å². The molecular weight excluding hydrogens is 276 g/mol. The number of nitrogens with one attached hydrogen (secondary N) is 1. The monoisotopic (exact) mass is 292 g/mol. The summed E-state index contributed by atoms with van der Waals surface area (Å²) >= 11 is 6.06. The Labute approximate surface area is 123 Å². The van der Waals surface area contributed by atoms with Crippen LogP contribution in [0.4, 0.5) is 0 Å². The van der Waals surface area contributed by atoms with E-state index < -0.39 is 5.54 Å². The van der Waals surface area contributed by atoms with E-state index in [9.17, 15) is 4.79 Å². The van der Waals surface area contributed by atoms with E-state index in [4.69, 9.17) is 16.0 Å². The predicted molar refractivity (Wildman–Crippen MR) is 78.0 cm³/mol. The quantitative estimate of drug-likeness (QED) is 0.881. The molecule has 0 bridgehead atoms. The second-order valence-electron chi connectivity index (χ2n) is 4.93. The fraction of sp³-hybridized carbons (Fsp3) is 0.333. The molecule has 1 aromatic carbocycles. The van der Waals surface area contributed by atoms with E-state index in [1.54, 1.807) is 13.8 Å². The summed E-state index contributed by atoms with van der Waals surface area (Å²) in [5, 5.41) is 2.93. The summed E-state index contributed by atoms with van der Waals surface area (Å²) in [6.45, 7) is 5.33. The zero-order valence-corrected chi connectivity index (χ0v) is 12.5. The van der Waals surface area contributed by atoms with Gasteiger partial charge in [-0.15, -0.1) is 11.6 Å². The Bertz CT molecular complexity index is 610. The molecule has 4 nitrogen and oxygen atoms in total. The highest BCUT2D eigenvalue weighted by Crippen LogP contribution is 2.23. The SMILES string of the molecule is Cc1nc(C)c(C(=O)NC(C)(CCl)c2ccccc2)o1. The summed E-state index contributed by atoms with van der Waals surface area (Å²) in [6, 6.07) is 9.61. The van der Waals surface area contributed by atoms with Crippen LogP contribution in [-0.4, -0.2) is 16.8 Å². The number of rotatable bonds is 4. The molecule has 1 unspecified atom stereocenters. The number of carbonyl (C=O) groups is 1. The van der Waals surface area contributed by atoms with Crippen LogP contribution in [0.3, 0.4) is 0 Å². The smallest absolute Gasteiger partial charge is 0.289 e. The van der Waals surface area contributed by atoms with Crippen LogP contribution >= 0.6 is 11.6 Å². The van der Waals surface area contributed by atoms with E-state index in [-0.39, 0.29) is 17.5 Å². The van der Waals surface area contributed by atoms with Crippen molar-refractivity contribution in [1.82, 2.24) is 10.3 Å². The molecule has 106 valence electrons. The van der Waals surface area contributed by atoms with Crippen LogP contribution in [-0.2, 0) is 5.54 Å². The van der Waals surface area contributed by atoms with E-state index in [0.29, 0.717) is 11.6 Å². The number of carbonyl (C=O) groups excluding carboxylic acids is 1. The number of hydrogen-bond acceptors (Lipinski definition) is 3. The summed E-state index contributed by atoms with van der Waals surface area (Å²) in [6.07, 6.45) is 0. The highest BCUT2D eigenvalue weighted by molar-refractivity contribution is 6.18. The second kappa shape index (κ2) is 5.67. The van der Waals surface area contributed by atoms with Gasteiger partial charge in [-0.25, -0.2) is 4.98 Å². The third-order valence-corrected chi connectivity index (χ3v) is 3.71. The van der Waals surface area contributed by atoms with Crippen molar-refractivity contribution in [1.29, 1.82) is 0 Å². The normalized spacial score (nSPS) is 13.8. The average molecular weight is 293 g/mol. The topological polar surface area (TPSA) is 55.1 Å². The van der Waals surface area contributed by atoms with Crippen LogP contribution in [0.25, 0.3) is 0 Å². The molecule has 0 aliphatic rings. The molecule has 2 aromatic rings. The number of aryl methyl sites for hydroxylation is 2. The minimum absolute atomic E-state index is 0.231. The largest absolute Gasteiger partial charge is 0.436 e. The third kappa shape index (κ3) is 2.85. The molecule has 0 saturated heterocycles. The number of halogens is 1. The van der Waals surface area contributed by atoms with Crippen molar-refractivity contribution < 1.29 is 9.21 Å². The number of oxazole rings is 1. The van der Waals surface area contributed by atoms with Gasteiger partial charge < -0.3 is 9.73 Å². The van der Waals surface area contributed by atoms with Crippen molar-refractivity contribution in [3.8, 4) is 0 Å². The van der Waals surface area contributed by atoms with E-state index in [2.05, 4.69) is 10.3 Å². The highest BCUT2D eigenvalue weighted by atomic mass is 35.5. The summed E-state index contributed by atoms with van der Waals surface area (Å²) in [5.74, 6) is 0.652. The molecule has 1 N–H and O–H groups in total. The number of nitrogens with zero attached hydrogens (tertiary/aromatic N) is 1. The average Bonchev–Trinajstić information content (AvgIpc) is 2.78. The predicted octanol–water partition coefficient (Wildman–Crippen LogP) is 3.18. The van der Waals surface area contributed by atoms with E-state index in [0.717, 1.165) is 5.56 Å². The van der Waals surface area contributed by atoms with Crippen LogP contribution < -0.4 is 5.32 Å². The van der Waals surface area contributed by atoms with Gasteiger partial charge in [0.2, 0.25) is 5.76 Å². The van der Waals surface area contributed by atoms with Gasteiger partial charge in [-0.1, -0.05) is 30.3 Å². The van der Waals surface area contributed by atoms with Gasteiger partial charge in [-0.3, -0.25) is 4.79 Å². The Morgan fingerprint density at radius 1 is 1.35 bits per heavy atom. The highest BCUT2D eigenvalue weighted by Gasteiger charge is 2.30. The molecular formula is C15H17ClN2O2. The zero-order chi connectivity index (χ0) is 14.8. The zero-order valence-electron chi connectivity index (χ0n) is 11.7. The lowest BCUT2D eigenvalue weighted by Gasteiger charge is -2.28. The molecule has 1 amide bonds. The standard InChI is InChI=1S/C15H17ClN2O2/c1-10-13(20-11(2)17-10)14(19)18-15(3,9-16)12-7-5-4-6-8-12/h4-8H,9H2,1-3H3,(H,18,19). The van der Waals surface area contributed by atoms with E-state index >= 15 is 0 Å². The molecule has 1 atom stereocenters. The van der Waals surface area contributed by atoms with Gasteiger partial charge >= 0.3 is 0 Å². The van der Waals surface area contributed by atoms with Crippen LogP contribution in [0, 0.1) is 13.8 Å². The van der Waals surface area contributed by atoms with Crippen molar-refractivity contribution in [3.63, 3.8) is 0 Å². The lowest BCUT2D eigenvalue weighted by molar-refractivity contribution is 0.0882. The van der Waals surface area contributed by atoms with Gasteiger partial charge in [0.25, 0.3) is 5.91 Å². The lowest BCUT2D eigenvalue weighted by Crippen LogP contribution is -2.45. The number of alkyl halides is 1. The first-order chi connectivity index (χ1) is 9.46. The fourth-order valence-corrected chi connectivity index (χ4v) is 2.26. The van der Waals surface area contributed by atoms with Crippen molar-refractivity contribution in [2.75, 3.05) is 5.88 Å². The maximum Gasteiger partial charge on any atom is 0.289 e. The summed E-state index contributed by atoms with van der Waals surface area (Å²) in [7, 11) is 0. The van der Waals surface area contributed by atoms with Crippen molar-refractivity contribution in [3.05, 3.63) is 53.2 Å². The Hall–Kier alpha value is -1.81. The summed E-state index contributed by atoms with van der Waals surface area (Å²) in [4.78, 5) is 16.4. The van der Waals surface area contributed by atoms with Gasteiger partial charge in [-0.05, 0) is 19.4 Å². The minimum Gasteiger partial charge on any atom is -0.436 e. The molecule has 0 aliphatic carbocycles. The number of benzene rings is 1. The minimum atomic E-state index is -0.660. The summed E-state index contributed by atoms with van der Waals surface area (Å²) < 4.78 is 5.34. The summed E-state index contributed by atoms with van der Waals surface area (Å²) in [5.41, 5.74) is 0.856. The Morgan fingerprint density at radius 3 is 2.50 bits per heavy atom. The third-order valence-electron chi connectivity index (χ3n) is 3.18. The fourth-order valence-electron chi connectivity index (χ4n) is 2.04. The molecule has 5 heteroatoms. The molecule has 1 aromatic heterocycles. The lowest BCUT2D eigenvalue weighted by atomic mass is 9.94. The molecule has 0 fully saturated rings. The van der Waals surface area contributed by atoms with Gasteiger partial charge in [0.15, 0.2) is 5.89 Å². The van der Waals surface area contributed by atoms with Crippen molar-refractivity contribution in [2.24, 2.45) is 0 Å². The molecule has 2 rings (SSSR count). The molecule has 20 heavy (non-hydrogen) atoms. The molecule has 0 spiro atoms. The first-order valence-corrected chi connectivity index (χ1v) is 6.88. The van der Waals surface area contributed by atoms with Crippen LogP contribution in [0.5, 0.6) is 0 Å². The number of aromatic nitrogens is 1. The molecule has 0 radical (unpaired) electrons. The van der Waals surface area contributed by atoms with Gasteiger partial charge in [0.1, 0.15) is 0 Å². The van der Waals surface area contributed by atoms with Gasteiger partial charge in [0, 0.05) is 12.8 Å². The Balaban J connectivity index is 2.26. The van der Waals surface area contributed by atoms with E-state index in [1.165, 1.54) is 0 Å². The molecule has 0 aliphatic heterocycles. The molecule has 0 saturated carbocycles. The van der Waals surface area contributed by atoms with E-state index in [1.807, 2.05) is 37.3 Å². The maximum atomic E-state index is 12.3. The number of amides is 1. The second-order valence-corrected chi connectivity index (χ2v) is 5.20. The van der Waals surface area contributed by atoms with Crippen LogP contribution in [0.1, 0.15) is 34.6 Å². The first-order valence-electron chi connectivity index (χ1n) is 6.34. The Morgan fingerprint density at radius 2 is 2.00 bits per heavy atom. The van der Waals surface area contributed by atoms with Gasteiger partial charge in [0.05, 0.1) is 11.2 Å². The first kappa shape index (κ1) is 14.6. The molecule has 1 heterocycles.